The molecular formula is C21H24N2O3. The van der Waals surface area contributed by atoms with E-state index in [-0.39, 0.29) is 12.2 Å². The second-order valence-electron chi connectivity index (χ2n) is 6.50. The van der Waals surface area contributed by atoms with Crippen molar-refractivity contribution in [1.82, 2.24) is 10.3 Å². The number of aromatic nitrogens is 1. The van der Waals surface area contributed by atoms with E-state index in [9.17, 15) is 9.90 Å². The van der Waals surface area contributed by atoms with Crippen molar-refractivity contribution in [2.45, 2.75) is 26.2 Å². The number of aromatic amines is 1. The van der Waals surface area contributed by atoms with Gasteiger partial charge in [0.25, 0.3) is 5.56 Å². The quantitative estimate of drug-likeness (QED) is 0.582. The van der Waals surface area contributed by atoms with Gasteiger partial charge >= 0.3 is 0 Å². The van der Waals surface area contributed by atoms with Crippen LogP contribution in [0.4, 0.5) is 0 Å². The van der Waals surface area contributed by atoms with Crippen LogP contribution in [0.1, 0.15) is 16.7 Å². The number of H-pyrrole nitrogens is 1. The van der Waals surface area contributed by atoms with E-state index in [2.05, 4.69) is 10.3 Å². The smallest absolute Gasteiger partial charge is 0.252 e. The number of hydrogen-bond donors (Lipinski definition) is 3. The number of pyridine rings is 1. The summed E-state index contributed by atoms with van der Waals surface area (Å²) in [7, 11) is 0. The molecule has 5 nitrogen and oxygen atoms in total. The fraction of sp³-hybridized carbons (Fsp3) is 0.286. The van der Waals surface area contributed by atoms with E-state index in [4.69, 9.17) is 4.74 Å². The van der Waals surface area contributed by atoms with Crippen LogP contribution in [0.2, 0.25) is 0 Å². The second kappa shape index (κ2) is 8.76. The van der Waals surface area contributed by atoms with Crippen molar-refractivity contribution in [2.75, 3.05) is 13.2 Å². The van der Waals surface area contributed by atoms with Crippen LogP contribution in [0.5, 0.6) is 0 Å². The van der Waals surface area contributed by atoms with E-state index in [0.717, 1.165) is 22.0 Å². The largest absolute Gasteiger partial charge is 0.389 e. The summed E-state index contributed by atoms with van der Waals surface area (Å²) >= 11 is 0. The molecule has 0 fully saturated rings. The van der Waals surface area contributed by atoms with Gasteiger partial charge in [-0.1, -0.05) is 42.5 Å². The highest BCUT2D eigenvalue weighted by Crippen LogP contribution is 2.12. The first-order valence-corrected chi connectivity index (χ1v) is 8.75. The molecule has 0 aliphatic heterocycles. The summed E-state index contributed by atoms with van der Waals surface area (Å²) in [5, 5.41) is 14.1. The molecule has 0 amide bonds. The summed E-state index contributed by atoms with van der Waals surface area (Å²) < 4.78 is 5.52. The van der Waals surface area contributed by atoms with Crippen LogP contribution in [0.25, 0.3) is 10.9 Å². The molecule has 0 unspecified atom stereocenters. The van der Waals surface area contributed by atoms with Gasteiger partial charge in [-0.25, -0.2) is 0 Å². The van der Waals surface area contributed by atoms with Crippen molar-refractivity contribution in [2.24, 2.45) is 0 Å². The number of nitrogens with one attached hydrogen (secondary N) is 2. The average Bonchev–Trinajstić information content (AvgIpc) is 2.63. The normalized spacial score (nSPS) is 12.4. The maximum absolute atomic E-state index is 12.2. The predicted molar refractivity (Wildman–Crippen MR) is 103 cm³/mol. The van der Waals surface area contributed by atoms with E-state index < -0.39 is 6.10 Å². The van der Waals surface area contributed by atoms with Crippen LogP contribution in [-0.2, 0) is 17.9 Å². The number of ether oxygens (including phenoxy) is 1. The third-order valence-electron chi connectivity index (χ3n) is 4.20. The Bertz CT molecular complexity index is 906. The average molecular weight is 352 g/mol. The molecule has 26 heavy (non-hydrogen) atoms. The molecule has 0 radical (unpaired) electrons. The Morgan fingerprint density at radius 2 is 1.96 bits per heavy atom. The molecule has 1 aromatic heterocycles. The SMILES string of the molecule is Cc1ccc2cc(CNC[C@H](O)COCc3ccccc3)c(=O)[nH]c2c1. The number of aliphatic hydroxyl groups excluding tert-OH is 1. The van der Waals surface area contributed by atoms with E-state index in [1.165, 1.54) is 0 Å². The summed E-state index contributed by atoms with van der Waals surface area (Å²) in [6, 6.07) is 17.7. The van der Waals surface area contributed by atoms with Crippen LogP contribution in [0.15, 0.2) is 59.4 Å². The van der Waals surface area contributed by atoms with Crippen LogP contribution in [-0.4, -0.2) is 29.3 Å². The topological polar surface area (TPSA) is 74.3 Å². The lowest BCUT2D eigenvalue weighted by atomic mass is 10.1. The summed E-state index contributed by atoms with van der Waals surface area (Å²) in [5.41, 5.74) is 3.57. The number of hydrogen-bond acceptors (Lipinski definition) is 4. The van der Waals surface area contributed by atoms with Gasteiger partial charge < -0.3 is 20.1 Å². The van der Waals surface area contributed by atoms with Crippen LogP contribution in [0.3, 0.4) is 0 Å². The van der Waals surface area contributed by atoms with Gasteiger partial charge in [0.1, 0.15) is 0 Å². The minimum Gasteiger partial charge on any atom is -0.389 e. The predicted octanol–water partition coefficient (Wildman–Crippen LogP) is 2.50. The van der Waals surface area contributed by atoms with Gasteiger partial charge in [0.15, 0.2) is 0 Å². The maximum atomic E-state index is 12.2. The van der Waals surface area contributed by atoms with Crippen molar-refractivity contribution in [3.05, 3.63) is 81.6 Å². The van der Waals surface area contributed by atoms with Gasteiger partial charge in [-0.05, 0) is 35.6 Å². The zero-order valence-corrected chi connectivity index (χ0v) is 14.9. The van der Waals surface area contributed by atoms with Crippen molar-refractivity contribution >= 4 is 10.9 Å². The molecule has 0 saturated heterocycles. The molecular weight excluding hydrogens is 328 g/mol. The molecule has 0 saturated carbocycles. The summed E-state index contributed by atoms with van der Waals surface area (Å²) in [6.07, 6.45) is -0.624. The zero-order chi connectivity index (χ0) is 18.4. The number of rotatable bonds is 8. The third-order valence-corrected chi connectivity index (χ3v) is 4.20. The lowest BCUT2D eigenvalue weighted by molar-refractivity contribution is 0.0287. The molecule has 0 spiro atoms. The summed E-state index contributed by atoms with van der Waals surface area (Å²) in [5.74, 6) is 0. The standard InChI is InChI=1S/C21H24N2O3/c1-15-7-8-17-10-18(21(25)23-20(17)9-15)11-22-12-19(24)14-26-13-16-5-3-2-4-6-16/h2-10,19,22,24H,11-14H2,1H3,(H,23,25)/t19-/m0/s1. The molecule has 1 heterocycles. The van der Waals surface area contributed by atoms with Crippen molar-refractivity contribution < 1.29 is 9.84 Å². The van der Waals surface area contributed by atoms with Crippen molar-refractivity contribution in [3.63, 3.8) is 0 Å². The Labute approximate surface area is 152 Å². The second-order valence-corrected chi connectivity index (χ2v) is 6.50. The molecule has 3 aromatic rings. The molecule has 1 atom stereocenters. The van der Waals surface area contributed by atoms with Gasteiger partial charge in [0.05, 0.1) is 19.3 Å². The first-order valence-electron chi connectivity index (χ1n) is 8.75. The zero-order valence-electron chi connectivity index (χ0n) is 14.9. The van der Waals surface area contributed by atoms with Crippen LogP contribution < -0.4 is 10.9 Å². The fourth-order valence-corrected chi connectivity index (χ4v) is 2.81. The molecule has 2 aromatic carbocycles. The van der Waals surface area contributed by atoms with Crippen LogP contribution in [0, 0.1) is 6.92 Å². The summed E-state index contributed by atoms with van der Waals surface area (Å²) in [4.78, 5) is 15.1. The number of aryl methyl sites for hydroxylation is 1. The van der Waals surface area contributed by atoms with Gasteiger partial charge in [-0.2, -0.15) is 0 Å². The Morgan fingerprint density at radius 3 is 2.77 bits per heavy atom. The number of aliphatic hydroxyl groups is 1. The Balaban J connectivity index is 1.47. The first kappa shape index (κ1) is 18.3. The minimum absolute atomic E-state index is 0.106. The highest BCUT2D eigenvalue weighted by atomic mass is 16.5. The molecule has 0 aliphatic rings. The lowest BCUT2D eigenvalue weighted by Gasteiger charge is -2.12. The van der Waals surface area contributed by atoms with Gasteiger partial charge in [-0.15, -0.1) is 0 Å². The monoisotopic (exact) mass is 352 g/mol. The van der Waals surface area contributed by atoms with Crippen LogP contribution >= 0.6 is 0 Å². The van der Waals surface area contributed by atoms with E-state index in [1.54, 1.807) is 0 Å². The van der Waals surface area contributed by atoms with E-state index >= 15 is 0 Å². The Kier molecular flexibility index (Phi) is 6.17. The minimum atomic E-state index is -0.624. The number of fused-ring (bicyclic) bond motifs is 1. The number of benzene rings is 2. The molecule has 3 rings (SSSR count). The lowest BCUT2D eigenvalue weighted by Crippen LogP contribution is -2.31. The Hall–Kier alpha value is -2.47. The third kappa shape index (κ3) is 5.02. The van der Waals surface area contributed by atoms with Gasteiger partial charge in [-0.3, -0.25) is 4.79 Å². The van der Waals surface area contributed by atoms with Gasteiger partial charge in [0.2, 0.25) is 0 Å². The highest BCUT2D eigenvalue weighted by Gasteiger charge is 2.07. The molecule has 0 aliphatic carbocycles. The Morgan fingerprint density at radius 1 is 1.15 bits per heavy atom. The molecule has 136 valence electrons. The maximum Gasteiger partial charge on any atom is 0.252 e. The molecule has 0 bridgehead atoms. The first-order chi connectivity index (χ1) is 12.6. The fourth-order valence-electron chi connectivity index (χ4n) is 2.81. The molecule has 5 heteroatoms. The van der Waals surface area contributed by atoms with Gasteiger partial charge in [0, 0.05) is 24.2 Å². The van der Waals surface area contributed by atoms with E-state index in [0.29, 0.717) is 25.3 Å². The van der Waals surface area contributed by atoms with E-state index in [1.807, 2.05) is 61.5 Å². The molecule has 3 N–H and O–H groups in total. The summed E-state index contributed by atoms with van der Waals surface area (Å²) in [6.45, 7) is 3.47. The highest BCUT2D eigenvalue weighted by molar-refractivity contribution is 5.79. The van der Waals surface area contributed by atoms with Crippen molar-refractivity contribution in [1.29, 1.82) is 0 Å². The van der Waals surface area contributed by atoms with Crippen molar-refractivity contribution in [3.8, 4) is 0 Å².